The summed E-state index contributed by atoms with van der Waals surface area (Å²) in [5.41, 5.74) is 0. The van der Waals surface area contributed by atoms with Gasteiger partial charge in [-0.25, -0.2) is 0 Å². The molecule has 0 aliphatic heterocycles. The van der Waals surface area contributed by atoms with Crippen LogP contribution in [0.3, 0.4) is 0 Å². The smallest absolute Gasteiger partial charge is 1.00 e. The molecule has 0 amide bonds. The van der Waals surface area contributed by atoms with E-state index in [2.05, 4.69) is 0 Å². The molecule has 7 heteroatoms. The van der Waals surface area contributed by atoms with Crippen LogP contribution in [-0.2, 0) is 26.2 Å². The van der Waals surface area contributed by atoms with Crippen LogP contribution in [0.1, 0.15) is 0 Å². The van der Waals surface area contributed by atoms with Gasteiger partial charge < -0.3 is 23.5 Å². The van der Waals surface area contributed by atoms with E-state index in [0.29, 0.717) is 0 Å². The van der Waals surface area contributed by atoms with Crippen LogP contribution in [0, 0.1) is 0 Å². The van der Waals surface area contributed by atoms with Gasteiger partial charge in [-0.3, -0.25) is 0 Å². The first-order valence-corrected chi connectivity index (χ1v) is 0. The van der Waals surface area contributed by atoms with Gasteiger partial charge in [-0.15, -0.1) is 0 Å². The van der Waals surface area contributed by atoms with Crippen LogP contribution in [0.5, 0.6) is 0 Å². The first-order valence-electron chi connectivity index (χ1n) is 0. The summed E-state index contributed by atoms with van der Waals surface area (Å²) in [4.78, 5) is 0. The van der Waals surface area contributed by atoms with Crippen molar-refractivity contribution >= 4 is 0 Å². The van der Waals surface area contributed by atoms with Gasteiger partial charge in [0, 0.05) is 0 Å². The van der Waals surface area contributed by atoms with Gasteiger partial charge in [0.2, 0.25) is 0 Å². The minimum Gasteiger partial charge on any atom is -1.00 e. The Morgan fingerprint density at radius 3 is 0.429 bits per heavy atom. The summed E-state index contributed by atoms with van der Waals surface area (Å²) in [7, 11) is 0. The average Bonchev–Trinajstić information content (AvgIpc) is 0. The molecule has 0 spiro atoms. The van der Waals surface area contributed by atoms with Gasteiger partial charge in [0.05, 0.1) is 0 Å². The van der Waals surface area contributed by atoms with Gasteiger partial charge in [-0.05, 0) is 0 Å². The van der Waals surface area contributed by atoms with Gasteiger partial charge in [-0.1, -0.05) is 0 Å². The molecule has 0 aliphatic rings. The number of hydrogen-bond donors (Lipinski definition) is 0. The van der Waals surface area contributed by atoms with Crippen molar-refractivity contribution in [1.29, 1.82) is 0 Å². The topological polar surface area (TPSA) is 0 Å². The second kappa shape index (κ2) is 89.2. The Labute approximate surface area is 99.2 Å². The zero-order valence-corrected chi connectivity index (χ0v) is 8.97. The molecular formula is F5KZr. The molecule has 7 heavy (non-hydrogen) atoms. The number of hydrogen-bond acceptors (Lipinski definition) is 0. The summed E-state index contributed by atoms with van der Waals surface area (Å²) in [6, 6.07) is 0. The van der Waals surface area contributed by atoms with Crippen molar-refractivity contribution in [3.63, 3.8) is 0 Å². The Kier molecular flexibility index (Phi) is 1660. The van der Waals surface area contributed by atoms with E-state index in [-0.39, 0.29) is 101 Å². The van der Waals surface area contributed by atoms with Crippen molar-refractivity contribution in [3.05, 3.63) is 0 Å². The van der Waals surface area contributed by atoms with Crippen molar-refractivity contribution in [2.24, 2.45) is 0 Å². The average molecular weight is 225 g/mol. The first-order chi connectivity index (χ1) is 0. The fourth-order valence-electron chi connectivity index (χ4n) is 0. The van der Waals surface area contributed by atoms with E-state index in [1.54, 1.807) is 0 Å². The zero-order chi connectivity index (χ0) is 0. The second-order valence-electron chi connectivity index (χ2n) is 0. The molecule has 0 N–H and O–H groups in total. The molecule has 0 aromatic rings. The summed E-state index contributed by atoms with van der Waals surface area (Å²) in [5.74, 6) is 0. The van der Waals surface area contributed by atoms with Crippen LogP contribution < -0.4 is 74.9 Å². The Morgan fingerprint density at radius 1 is 0.429 bits per heavy atom. The summed E-state index contributed by atoms with van der Waals surface area (Å²) in [6.45, 7) is 0. The first kappa shape index (κ1) is 130. The molecule has 0 radical (unpaired) electrons. The van der Waals surface area contributed by atoms with E-state index in [4.69, 9.17) is 0 Å². The SMILES string of the molecule is [F-].[F-].[F-].[F-].[F-].[K+].[Zr+4]. The molecule has 0 unspecified atom stereocenters. The molecule has 0 bridgehead atoms. The van der Waals surface area contributed by atoms with Gasteiger partial charge in [0.25, 0.3) is 0 Å². The minimum atomic E-state index is 0. The molecule has 0 rings (SSSR count). The third-order valence-corrected chi connectivity index (χ3v) is 0. The van der Waals surface area contributed by atoms with E-state index in [1.165, 1.54) is 0 Å². The number of rotatable bonds is 0. The monoisotopic (exact) mass is 224 g/mol. The van der Waals surface area contributed by atoms with Gasteiger partial charge in [0.15, 0.2) is 0 Å². The van der Waals surface area contributed by atoms with Gasteiger partial charge in [-0.2, -0.15) is 0 Å². The molecule has 0 aliphatic carbocycles. The van der Waals surface area contributed by atoms with Crippen LogP contribution >= 0.6 is 0 Å². The molecular weight excluding hydrogens is 225 g/mol. The predicted molar refractivity (Wildman–Crippen MR) is 0 cm³/mol. The van der Waals surface area contributed by atoms with Crippen LogP contribution in [0.15, 0.2) is 0 Å². The van der Waals surface area contributed by atoms with E-state index >= 15 is 0 Å². The van der Waals surface area contributed by atoms with Gasteiger partial charge in [0.1, 0.15) is 0 Å². The fraction of sp³-hybridized carbons (Fsp3) is 0. The van der Waals surface area contributed by atoms with Crippen molar-refractivity contribution < 1.29 is 101 Å². The standard InChI is InChI=1S/5FH.K.Zr/h5*1H;;/q;;;;;+1;+4/p-5. The molecule has 0 atom stereocenters. The summed E-state index contributed by atoms with van der Waals surface area (Å²) in [5, 5.41) is 0. The van der Waals surface area contributed by atoms with E-state index in [9.17, 15) is 0 Å². The van der Waals surface area contributed by atoms with Crippen LogP contribution in [0.25, 0.3) is 0 Å². The molecule has 0 saturated carbocycles. The maximum atomic E-state index is 0. The Bertz CT molecular complexity index is 8.04. The summed E-state index contributed by atoms with van der Waals surface area (Å²) < 4.78 is 0. The predicted octanol–water partition coefficient (Wildman–Crippen LogP) is -18.0. The molecule has 0 aromatic heterocycles. The maximum Gasteiger partial charge on any atom is 4.00 e. The quantitative estimate of drug-likeness (QED) is 0.284. The summed E-state index contributed by atoms with van der Waals surface area (Å²) >= 11 is 0. The van der Waals surface area contributed by atoms with Crippen molar-refractivity contribution in [3.8, 4) is 0 Å². The van der Waals surface area contributed by atoms with E-state index < -0.39 is 0 Å². The molecule has 0 fully saturated rings. The van der Waals surface area contributed by atoms with Crippen molar-refractivity contribution in [2.75, 3.05) is 0 Å². The Morgan fingerprint density at radius 2 is 0.429 bits per heavy atom. The van der Waals surface area contributed by atoms with E-state index in [1.807, 2.05) is 0 Å². The number of halogens is 5. The van der Waals surface area contributed by atoms with Crippen molar-refractivity contribution in [2.45, 2.75) is 0 Å². The largest absolute Gasteiger partial charge is 4.00 e. The van der Waals surface area contributed by atoms with E-state index in [0.717, 1.165) is 0 Å². The second-order valence-corrected chi connectivity index (χ2v) is 0. The van der Waals surface area contributed by atoms with Gasteiger partial charge >= 0.3 is 77.6 Å². The zero-order valence-electron chi connectivity index (χ0n) is 3.39. The molecule has 0 aromatic carbocycles. The molecule has 40 valence electrons. The minimum absolute atomic E-state index is 0. The van der Waals surface area contributed by atoms with Crippen LogP contribution in [0.2, 0.25) is 0 Å². The normalized spacial score (nSPS) is 0. The molecule has 0 heterocycles. The van der Waals surface area contributed by atoms with Crippen LogP contribution in [0.4, 0.5) is 0 Å². The maximum absolute atomic E-state index is 0. The van der Waals surface area contributed by atoms with Crippen molar-refractivity contribution in [1.82, 2.24) is 0 Å². The fourth-order valence-corrected chi connectivity index (χ4v) is 0. The summed E-state index contributed by atoms with van der Waals surface area (Å²) in [6.07, 6.45) is 0. The molecule has 0 nitrogen and oxygen atoms in total. The Hall–Kier alpha value is 2.17. The third kappa shape index (κ3) is 66.1. The molecule has 0 saturated heterocycles. The van der Waals surface area contributed by atoms with Crippen LogP contribution in [-0.4, -0.2) is 0 Å². The third-order valence-electron chi connectivity index (χ3n) is 0. The Balaban J connectivity index is 0.